The van der Waals surface area contributed by atoms with Gasteiger partial charge in [-0.1, -0.05) is 18.5 Å². The van der Waals surface area contributed by atoms with Gasteiger partial charge >= 0.3 is 0 Å². The first-order valence-corrected chi connectivity index (χ1v) is 10.8. The normalized spacial score (nSPS) is 13.6. The van der Waals surface area contributed by atoms with E-state index in [9.17, 15) is 9.59 Å². The number of carbonyl (C=O) groups excluding carboxylic acids is 2. The van der Waals surface area contributed by atoms with Gasteiger partial charge in [-0.2, -0.15) is 0 Å². The van der Waals surface area contributed by atoms with E-state index in [1.54, 1.807) is 43.5 Å². The summed E-state index contributed by atoms with van der Waals surface area (Å²) in [5.41, 5.74) is 1.51. The Labute approximate surface area is 187 Å². The molecule has 0 bridgehead atoms. The number of carbonyl (C=O) groups is 2. The van der Waals surface area contributed by atoms with Crippen LogP contribution in [0.4, 0.5) is 11.4 Å². The smallest absolute Gasteiger partial charge is 0.262 e. The molecule has 31 heavy (non-hydrogen) atoms. The summed E-state index contributed by atoms with van der Waals surface area (Å²) in [4.78, 5) is 28.7. The molecule has 0 unspecified atom stereocenters. The third-order valence-corrected chi connectivity index (χ3v) is 5.33. The van der Waals surface area contributed by atoms with Crippen molar-refractivity contribution in [1.29, 1.82) is 0 Å². The summed E-state index contributed by atoms with van der Waals surface area (Å²) >= 11 is 6.17. The van der Waals surface area contributed by atoms with Gasteiger partial charge in [0.25, 0.3) is 5.91 Å². The lowest BCUT2D eigenvalue weighted by atomic mass is 10.2. The monoisotopic (exact) mass is 445 g/mol. The molecule has 0 radical (unpaired) electrons. The van der Waals surface area contributed by atoms with Crippen LogP contribution in [0, 0.1) is 0 Å². The minimum atomic E-state index is -0.281. The minimum Gasteiger partial charge on any atom is -0.497 e. The topological polar surface area (TPSA) is 71.1 Å². The van der Waals surface area contributed by atoms with Gasteiger partial charge in [-0.15, -0.1) is 0 Å². The molecule has 2 amide bonds. The van der Waals surface area contributed by atoms with Gasteiger partial charge in [-0.25, -0.2) is 0 Å². The van der Waals surface area contributed by atoms with Crippen LogP contribution in [0.25, 0.3) is 0 Å². The van der Waals surface area contributed by atoms with Gasteiger partial charge in [0.05, 0.1) is 18.5 Å². The number of rotatable bonds is 8. The average molecular weight is 446 g/mol. The molecule has 2 aromatic carbocycles. The highest BCUT2D eigenvalue weighted by Crippen LogP contribution is 2.30. The first kappa shape index (κ1) is 22.7. The van der Waals surface area contributed by atoms with Crippen molar-refractivity contribution in [3.63, 3.8) is 0 Å². The van der Waals surface area contributed by atoms with Gasteiger partial charge in [0.2, 0.25) is 5.91 Å². The predicted octanol–water partition coefficient (Wildman–Crippen LogP) is 3.81. The van der Waals surface area contributed by atoms with Crippen molar-refractivity contribution in [3.05, 3.63) is 47.5 Å². The standard InChI is InChI=1S/C23H28ClN3O4/c1-3-4-23(29)27-13-11-26(12-14-27)21-10-5-17(24)15-20(21)25-22(28)16-31-19-8-6-18(30-2)7-9-19/h5-10,15H,3-4,11-14,16H2,1-2H3,(H,25,28). The van der Waals surface area contributed by atoms with Crippen LogP contribution in [0.2, 0.25) is 5.02 Å². The lowest BCUT2D eigenvalue weighted by Gasteiger charge is -2.37. The second-order valence-electron chi connectivity index (χ2n) is 7.29. The Bertz CT molecular complexity index is 896. The summed E-state index contributed by atoms with van der Waals surface area (Å²) in [7, 11) is 1.59. The maximum absolute atomic E-state index is 12.5. The van der Waals surface area contributed by atoms with Crippen molar-refractivity contribution < 1.29 is 19.1 Å². The largest absolute Gasteiger partial charge is 0.497 e. The molecule has 0 spiro atoms. The Balaban J connectivity index is 1.60. The maximum atomic E-state index is 12.5. The molecule has 0 saturated carbocycles. The molecule has 1 heterocycles. The first-order valence-electron chi connectivity index (χ1n) is 10.4. The van der Waals surface area contributed by atoms with Crippen molar-refractivity contribution in [2.75, 3.05) is 50.1 Å². The Kier molecular flexibility index (Phi) is 8.00. The van der Waals surface area contributed by atoms with E-state index in [0.29, 0.717) is 49.1 Å². The molecule has 0 aromatic heterocycles. The molecule has 8 heteroatoms. The zero-order valence-electron chi connectivity index (χ0n) is 17.9. The highest BCUT2D eigenvalue weighted by atomic mass is 35.5. The molecule has 1 saturated heterocycles. The molecule has 0 atom stereocenters. The molecule has 7 nitrogen and oxygen atoms in total. The number of hydrogen-bond acceptors (Lipinski definition) is 5. The van der Waals surface area contributed by atoms with Crippen LogP contribution < -0.4 is 19.7 Å². The van der Waals surface area contributed by atoms with Crippen LogP contribution in [0.5, 0.6) is 11.5 Å². The Morgan fingerprint density at radius 1 is 1.03 bits per heavy atom. The molecule has 1 N–H and O–H groups in total. The Morgan fingerprint density at radius 2 is 1.71 bits per heavy atom. The molecule has 3 rings (SSSR count). The lowest BCUT2D eigenvalue weighted by Crippen LogP contribution is -2.49. The molecule has 2 aromatic rings. The highest BCUT2D eigenvalue weighted by Gasteiger charge is 2.22. The second-order valence-corrected chi connectivity index (χ2v) is 7.73. The fraction of sp³-hybridized carbons (Fsp3) is 0.391. The molecule has 1 fully saturated rings. The molecule has 1 aliphatic rings. The Morgan fingerprint density at radius 3 is 2.35 bits per heavy atom. The number of halogens is 1. The van der Waals surface area contributed by atoms with Crippen molar-refractivity contribution >= 4 is 34.8 Å². The van der Waals surface area contributed by atoms with E-state index >= 15 is 0 Å². The number of anilines is 2. The van der Waals surface area contributed by atoms with Gasteiger partial charge in [-0.3, -0.25) is 9.59 Å². The van der Waals surface area contributed by atoms with E-state index in [4.69, 9.17) is 21.1 Å². The van der Waals surface area contributed by atoms with E-state index in [1.807, 2.05) is 17.9 Å². The number of nitrogens with zero attached hydrogens (tertiary/aromatic N) is 2. The van der Waals surface area contributed by atoms with E-state index in [2.05, 4.69) is 10.2 Å². The summed E-state index contributed by atoms with van der Waals surface area (Å²) in [6.07, 6.45) is 1.43. The number of methoxy groups -OCH3 is 1. The van der Waals surface area contributed by atoms with Gasteiger partial charge in [0, 0.05) is 37.6 Å². The van der Waals surface area contributed by atoms with Crippen LogP contribution >= 0.6 is 11.6 Å². The fourth-order valence-electron chi connectivity index (χ4n) is 3.46. The molecular formula is C23H28ClN3O4. The van der Waals surface area contributed by atoms with Crippen molar-refractivity contribution in [2.45, 2.75) is 19.8 Å². The van der Waals surface area contributed by atoms with Crippen LogP contribution in [0.15, 0.2) is 42.5 Å². The zero-order valence-corrected chi connectivity index (χ0v) is 18.7. The van der Waals surface area contributed by atoms with E-state index < -0.39 is 0 Å². The molecule has 166 valence electrons. The number of hydrogen-bond donors (Lipinski definition) is 1. The van der Waals surface area contributed by atoms with Gasteiger partial charge in [-0.05, 0) is 48.9 Å². The number of amides is 2. The van der Waals surface area contributed by atoms with Crippen molar-refractivity contribution in [1.82, 2.24) is 4.90 Å². The minimum absolute atomic E-state index is 0.127. The second kappa shape index (κ2) is 10.9. The maximum Gasteiger partial charge on any atom is 0.262 e. The van der Waals surface area contributed by atoms with Crippen molar-refractivity contribution in [3.8, 4) is 11.5 Å². The van der Waals surface area contributed by atoms with Crippen LogP contribution in [0.1, 0.15) is 19.8 Å². The number of nitrogens with one attached hydrogen (secondary N) is 1. The van der Waals surface area contributed by atoms with Gasteiger partial charge in [0.15, 0.2) is 6.61 Å². The predicted molar refractivity (Wildman–Crippen MR) is 122 cm³/mol. The highest BCUT2D eigenvalue weighted by molar-refractivity contribution is 6.31. The van der Waals surface area contributed by atoms with E-state index in [-0.39, 0.29) is 18.4 Å². The van der Waals surface area contributed by atoms with Crippen LogP contribution in [-0.2, 0) is 9.59 Å². The summed E-state index contributed by atoms with van der Waals surface area (Å²) in [5.74, 6) is 1.21. The number of benzene rings is 2. The lowest BCUT2D eigenvalue weighted by molar-refractivity contribution is -0.131. The first-order chi connectivity index (χ1) is 15.0. The van der Waals surface area contributed by atoms with Crippen LogP contribution in [0.3, 0.4) is 0 Å². The molecule has 0 aliphatic carbocycles. The number of piperazine rings is 1. The van der Waals surface area contributed by atoms with E-state index in [1.165, 1.54) is 0 Å². The third kappa shape index (κ3) is 6.28. The van der Waals surface area contributed by atoms with Crippen molar-refractivity contribution in [2.24, 2.45) is 0 Å². The zero-order chi connectivity index (χ0) is 22.2. The fourth-order valence-corrected chi connectivity index (χ4v) is 3.63. The van der Waals surface area contributed by atoms with E-state index in [0.717, 1.165) is 17.9 Å². The summed E-state index contributed by atoms with van der Waals surface area (Å²) < 4.78 is 10.7. The van der Waals surface area contributed by atoms with Gasteiger partial charge in [0.1, 0.15) is 11.5 Å². The van der Waals surface area contributed by atoms with Gasteiger partial charge < -0.3 is 24.6 Å². The summed E-state index contributed by atoms with van der Waals surface area (Å²) in [6, 6.07) is 12.5. The van der Waals surface area contributed by atoms with Crippen LogP contribution in [-0.4, -0.2) is 56.6 Å². The number of ether oxygens (including phenoxy) is 2. The SMILES string of the molecule is CCCC(=O)N1CCN(c2ccc(Cl)cc2NC(=O)COc2ccc(OC)cc2)CC1. The molecular weight excluding hydrogens is 418 g/mol. The average Bonchev–Trinajstić information content (AvgIpc) is 2.78. The summed E-state index contributed by atoms with van der Waals surface area (Å²) in [6.45, 7) is 4.60. The summed E-state index contributed by atoms with van der Waals surface area (Å²) in [5, 5.41) is 3.43. The quantitative estimate of drug-likeness (QED) is 0.669. The third-order valence-electron chi connectivity index (χ3n) is 5.10. The Hall–Kier alpha value is -2.93. The molecule has 1 aliphatic heterocycles.